The lowest BCUT2D eigenvalue weighted by Crippen LogP contribution is -2.49. The van der Waals surface area contributed by atoms with Gasteiger partial charge in [0.1, 0.15) is 30.3 Å². The molecule has 6 aromatic rings. The van der Waals surface area contributed by atoms with Crippen molar-refractivity contribution in [2.75, 3.05) is 118 Å². The molecule has 0 spiro atoms. The number of carbonyl (C=O) groups is 9. The summed E-state index contributed by atoms with van der Waals surface area (Å²) in [6.45, 7) is 13.5. The number of nitrogens with one attached hydrogen (secondary N) is 11. The van der Waals surface area contributed by atoms with E-state index < -0.39 is 53.2 Å². The lowest BCUT2D eigenvalue weighted by Gasteiger charge is -2.31. The fourth-order valence-electron chi connectivity index (χ4n) is 11.5. The number of ether oxygens (including phenoxy) is 3. The highest BCUT2D eigenvalue weighted by molar-refractivity contribution is 6.06. The summed E-state index contributed by atoms with van der Waals surface area (Å²) in [6.07, 6.45) is 0.857. The first kappa shape index (κ1) is 75.6. The second-order valence-corrected chi connectivity index (χ2v) is 25.4. The Bertz CT molecular complexity index is 3770. The molecule has 6 aromatic carbocycles. The van der Waals surface area contributed by atoms with Crippen LogP contribution in [-0.4, -0.2) is 193 Å². The van der Waals surface area contributed by atoms with Gasteiger partial charge in [0.25, 0.3) is 47.3 Å². The second kappa shape index (κ2) is 38.8. The Morgan fingerprint density at radius 1 is 0.420 bits per heavy atom. The van der Waals surface area contributed by atoms with Crippen LogP contribution in [0, 0.1) is 13.8 Å². The maximum Gasteiger partial charge on any atom is 0.407 e. The third-order valence-electron chi connectivity index (χ3n) is 16.8. The average Bonchev–Trinajstić information content (AvgIpc) is 0.830. The maximum atomic E-state index is 15.1. The van der Waals surface area contributed by atoms with Crippen LogP contribution in [0.5, 0.6) is 11.5 Å². The van der Waals surface area contributed by atoms with Gasteiger partial charge in [-0.15, -0.1) is 0 Å². The van der Waals surface area contributed by atoms with Crippen molar-refractivity contribution >= 4 is 53.4 Å². The fourth-order valence-corrected chi connectivity index (χ4v) is 11.5. The highest BCUT2D eigenvalue weighted by Crippen LogP contribution is 2.28. The van der Waals surface area contributed by atoms with Gasteiger partial charge in [-0.1, -0.05) is 84.9 Å². The van der Waals surface area contributed by atoms with Crippen LogP contribution in [0.4, 0.5) is 4.79 Å². The molecule has 8 rings (SSSR count). The third kappa shape index (κ3) is 23.5. The summed E-state index contributed by atoms with van der Waals surface area (Å²) in [5, 5.41) is 33.4. The predicted octanol–water partition coefficient (Wildman–Crippen LogP) is 5.27. The van der Waals surface area contributed by atoms with Gasteiger partial charge in [0.05, 0.1) is 22.3 Å². The van der Waals surface area contributed by atoms with E-state index in [1.165, 1.54) is 0 Å². The number of hydrogen-bond acceptors (Lipinski definition) is 16. The van der Waals surface area contributed by atoms with Crippen molar-refractivity contribution in [1.29, 1.82) is 0 Å². The first-order valence-corrected chi connectivity index (χ1v) is 34.2. The molecule has 0 saturated carbocycles. The number of carbonyl (C=O) groups excluding carboxylic acids is 9. The molecule has 2 aliphatic rings. The Balaban J connectivity index is 1.12. The van der Waals surface area contributed by atoms with Crippen molar-refractivity contribution in [3.63, 3.8) is 0 Å². The molecule has 0 saturated heterocycles. The monoisotopic (exact) mass is 1370 g/mol. The Labute approximate surface area is 584 Å². The van der Waals surface area contributed by atoms with Crippen LogP contribution >= 0.6 is 0 Å². The molecular formula is C75H95N13O12. The second-order valence-electron chi connectivity index (χ2n) is 25.4. The Kier molecular flexibility index (Phi) is 29.3. The Morgan fingerprint density at radius 2 is 0.760 bits per heavy atom. The highest BCUT2D eigenvalue weighted by Gasteiger charge is 2.27. The molecule has 0 radical (unpaired) electrons. The van der Waals surface area contributed by atoms with Crippen LogP contribution in [-0.2, 0) is 18.0 Å². The van der Waals surface area contributed by atoms with Gasteiger partial charge in [0.2, 0.25) is 0 Å². The molecule has 2 aliphatic heterocycles. The molecule has 9 amide bonds. The zero-order chi connectivity index (χ0) is 71.2. The summed E-state index contributed by atoms with van der Waals surface area (Å²) in [4.78, 5) is 130. The number of para-hydroxylation sites is 2. The van der Waals surface area contributed by atoms with E-state index in [9.17, 15) is 38.4 Å². The molecule has 0 aliphatic carbocycles. The molecule has 2 heterocycles. The number of amides is 9. The van der Waals surface area contributed by atoms with Gasteiger partial charge in [0, 0.05) is 146 Å². The summed E-state index contributed by atoms with van der Waals surface area (Å²) in [5.74, 6) is -3.28. The molecule has 0 fully saturated rings. The van der Waals surface area contributed by atoms with E-state index in [1.807, 2.05) is 60.7 Å². The molecule has 532 valence electrons. The van der Waals surface area contributed by atoms with Gasteiger partial charge in [-0.2, -0.15) is 0 Å². The van der Waals surface area contributed by atoms with E-state index >= 15 is 4.79 Å². The maximum absolute atomic E-state index is 15.1. The van der Waals surface area contributed by atoms with Gasteiger partial charge in [0.15, 0.2) is 0 Å². The van der Waals surface area contributed by atoms with Crippen molar-refractivity contribution in [2.24, 2.45) is 0 Å². The minimum atomic E-state index is -0.714. The number of benzene rings is 6. The zero-order valence-corrected chi connectivity index (χ0v) is 57.8. The van der Waals surface area contributed by atoms with Crippen molar-refractivity contribution in [3.8, 4) is 11.5 Å². The van der Waals surface area contributed by atoms with Crippen LogP contribution in [0.15, 0.2) is 133 Å². The first-order chi connectivity index (χ1) is 48.3. The molecule has 1 atom stereocenters. The summed E-state index contributed by atoms with van der Waals surface area (Å²) in [6, 6.07) is 37.7. The minimum Gasteiger partial charge on any atom is -0.487 e. The SMILES string of the molecule is Cc1c2cccc1C(=O)NCCN(CCN1CCNC(=O)c3cccc(c3C)C(=O)NCCNCCNC(=O)c3cccc(c3OCc3ccccc3)C(=O)NC(CCCCNC(=O)OC(C)(C)C)C1)CCNC(=O)c1cccc(c1OCc1ccccc1)C(=O)NCCNCCNC2=O. The van der Waals surface area contributed by atoms with Crippen LogP contribution in [0.3, 0.4) is 0 Å². The van der Waals surface area contributed by atoms with E-state index in [4.69, 9.17) is 14.2 Å². The van der Waals surface area contributed by atoms with E-state index in [-0.39, 0.29) is 137 Å². The first-order valence-electron chi connectivity index (χ1n) is 34.2. The molecule has 1 unspecified atom stereocenters. The number of hydrogen-bond donors (Lipinski definition) is 11. The van der Waals surface area contributed by atoms with Gasteiger partial charge in [-0.3, -0.25) is 48.2 Å². The minimum absolute atomic E-state index is 0.0408. The quantitative estimate of drug-likeness (QED) is 0.0619. The van der Waals surface area contributed by atoms with E-state index in [0.29, 0.717) is 91.9 Å². The molecule has 25 nitrogen and oxygen atoms in total. The van der Waals surface area contributed by atoms with Crippen molar-refractivity contribution in [2.45, 2.75) is 78.7 Å². The Morgan fingerprint density at radius 3 is 1.15 bits per heavy atom. The average molecular weight is 1370 g/mol. The number of unbranched alkanes of at least 4 members (excludes halogenated alkanes) is 1. The lowest BCUT2D eigenvalue weighted by atomic mass is 10.0. The summed E-state index contributed by atoms with van der Waals surface area (Å²) in [5.41, 5.74) is 3.73. The molecule has 100 heavy (non-hydrogen) atoms. The molecule has 0 aromatic heterocycles. The number of rotatable bonds is 14. The van der Waals surface area contributed by atoms with Crippen molar-refractivity contribution < 1.29 is 57.4 Å². The van der Waals surface area contributed by atoms with Crippen LogP contribution < -0.4 is 68.0 Å². The van der Waals surface area contributed by atoms with Gasteiger partial charge >= 0.3 is 6.09 Å². The largest absolute Gasteiger partial charge is 0.487 e. The van der Waals surface area contributed by atoms with Crippen molar-refractivity contribution in [1.82, 2.24) is 68.3 Å². The highest BCUT2D eigenvalue weighted by atomic mass is 16.6. The molecular weight excluding hydrogens is 1270 g/mol. The number of nitrogens with zero attached hydrogens (tertiary/aromatic N) is 2. The molecule has 25 heteroatoms. The third-order valence-corrected chi connectivity index (χ3v) is 16.8. The van der Waals surface area contributed by atoms with Gasteiger partial charge in [-0.25, -0.2) is 4.79 Å². The van der Waals surface area contributed by atoms with Gasteiger partial charge < -0.3 is 72.7 Å². The van der Waals surface area contributed by atoms with Crippen LogP contribution in [0.1, 0.15) is 145 Å². The van der Waals surface area contributed by atoms with Gasteiger partial charge in [-0.05, 0) is 125 Å². The number of alkyl carbamates (subject to hydrolysis) is 1. The number of fused-ring (bicyclic) bond motifs is 8. The zero-order valence-electron chi connectivity index (χ0n) is 57.8. The summed E-state index contributed by atoms with van der Waals surface area (Å²) >= 11 is 0. The summed E-state index contributed by atoms with van der Waals surface area (Å²) in [7, 11) is 0. The van der Waals surface area contributed by atoms with Crippen LogP contribution in [0.2, 0.25) is 0 Å². The topological polar surface area (TPSA) is 320 Å². The molecule has 11 N–H and O–H groups in total. The smallest absolute Gasteiger partial charge is 0.407 e. The molecule has 8 bridgehead atoms. The van der Waals surface area contributed by atoms with Crippen LogP contribution in [0.25, 0.3) is 0 Å². The standard InChI is InChI=1S/C75H95N13O12/c1-51-56-23-14-25-58(51)68(91)82-40-43-87(44-41-84-72(95)61-28-16-27-60(64(61)98-49-53-18-8-6-9-19-53)70(93)80-38-34-76-32-36-78-66(56)89)46-47-88-45-42-83-69(92)59-26-15-24-57(52(59)2)67(90)79-37-33-77-35-39-81-71(94)62-29-17-30-63(65(62)99-50-54-20-10-7-11-21-54)73(96)86-55(48-88)22-12-13-31-85-74(97)100-75(3,4)5/h6-11,14-21,23-30,55,76-77H,12-13,22,31-50H2,1-5H3,(H,78,89)(H,79,90)(H,80,93)(H,81,94)(H,82,91)(H,83,92)(H,84,95)(H,85,97)(H,86,96). The normalized spacial score (nSPS) is 16.9. The van der Waals surface area contributed by atoms with E-state index in [2.05, 4.69) is 68.3 Å². The lowest BCUT2D eigenvalue weighted by molar-refractivity contribution is 0.0525. The fraction of sp³-hybridized carbons (Fsp3) is 0.400. The van der Waals surface area contributed by atoms with E-state index in [0.717, 1.165) is 11.1 Å². The van der Waals surface area contributed by atoms with Crippen molar-refractivity contribution in [3.05, 3.63) is 200 Å². The summed E-state index contributed by atoms with van der Waals surface area (Å²) < 4.78 is 18.3. The predicted molar refractivity (Wildman–Crippen MR) is 381 cm³/mol. The Hall–Kier alpha value is -10.2. The van der Waals surface area contributed by atoms with E-state index in [1.54, 1.807) is 107 Å².